The number of carboxylic acid groups (broad SMARTS) is 1. The number of fused-ring (bicyclic) bond motifs is 1. The normalized spacial score (nSPS) is 27.7. The highest BCUT2D eigenvalue weighted by Crippen LogP contribution is 2.49. The molecule has 1 unspecified atom stereocenters. The molecule has 124 valence electrons. The van der Waals surface area contributed by atoms with E-state index in [0.29, 0.717) is 25.9 Å². The van der Waals surface area contributed by atoms with Crippen molar-refractivity contribution in [3.63, 3.8) is 0 Å². The lowest BCUT2D eigenvalue weighted by Gasteiger charge is -2.25. The van der Waals surface area contributed by atoms with E-state index >= 15 is 0 Å². The van der Waals surface area contributed by atoms with E-state index in [0.717, 1.165) is 18.4 Å². The molecule has 2 fully saturated rings. The zero-order valence-corrected chi connectivity index (χ0v) is 13.3. The molecule has 0 radical (unpaired) electrons. The molecule has 0 bridgehead atoms. The van der Waals surface area contributed by atoms with Gasteiger partial charge in [-0.25, -0.2) is 4.39 Å². The third-order valence-corrected chi connectivity index (χ3v) is 5.46. The smallest absolute Gasteiger partial charge is 0.311 e. The van der Waals surface area contributed by atoms with Crippen molar-refractivity contribution in [3.8, 4) is 0 Å². The summed E-state index contributed by atoms with van der Waals surface area (Å²) in [6.45, 7) is 2.69. The maximum absolute atomic E-state index is 13.3. The second-order valence-corrected chi connectivity index (χ2v) is 7.00. The van der Waals surface area contributed by atoms with Crippen molar-refractivity contribution in [3.05, 3.63) is 35.6 Å². The first-order valence-electron chi connectivity index (χ1n) is 8.19. The van der Waals surface area contributed by atoms with Crippen molar-refractivity contribution in [1.29, 1.82) is 0 Å². The van der Waals surface area contributed by atoms with Crippen LogP contribution >= 0.6 is 0 Å². The Morgan fingerprint density at radius 1 is 1.48 bits per heavy atom. The number of hydrogen-bond acceptors (Lipinski definition) is 2. The number of rotatable bonds is 4. The number of halogens is 1. The first-order valence-corrected chi connectivity index (χ1v) is 8.19. The summed E-state index contributed by atoms with van der Waals surface area (Å²) in [7, 11) is 0. The number of aliphatic carboxylic acids is 1. The van der Waals surface area contributed by atoms with E-state index in [1.807, 2.05) is 13.0 Å². The van der Waals surface area contributed by atoms with Crippen LogP contribution in [0.2, 0.25) is 0 Å². The number of likely N-dealkylation sites (tertiary alicyclic amines) is 1. The van der Waals surface area contributed by atoms with Crippen molar-refractivity contribution < 1.29 is 19.1 Å². The molecule has 3 rings (SSSR count). The van der Waals surface area contributed by atoms with Crippen LogP contribution in [0, 0.1) is 23.1 Å². The molecule has 0 spiro atoms. The summed E-state index contributed by atoms with van der Waals surface area (Å²) in [5.41, 5.74) is 0.0482. The van der Waals surface area contributed by atoms with E-state index in [-0.39, 0.29) is 23.6 Å². The summed E-state index contributed by atoms with van der Waals surface area (Å²) in [5.74, 6) is -1.30. The van der Waals surface area contributed by atoms with Gasteiger partial charge >= 0.3 is 5.97 Å². The fraction of sp³-hybridized carbons (Fsp3) is 0.556. The standard InChI is InChI=1S/C18H22FNO3/c1-12(8-13-4-2-6-15(19)9-13)16(21)20-10-14-5-3-7-18(14,11-20)17(22)23/h2,4,6,9,12,14H,3,5,7-8,10-11H2,1H3,(H,22,23)/t12?,14-,18+/m0/s1. The van der Waals surface area contributed by atoms with E-state index in [1.165, 1.54) is 12.1 Å². The predicted octanol–water partition coefficient (Wildman–Crippen LogP) is 2.72. The number of nitrogens with zero attached hydrogens (tertiary/aromatic N) is 1. The Labute approximate surface area is 135 Å². The molecule has 1 aliphatic heterocycles. The summed E-state index contributed by atoms with van der Waals surface area (Å²) < 4.78 is 13.3. The second-order valence-electron chi connectivity index (χ2n) is 7.00. The Bertz CT molecular complexity index is 632. The third kappa shape index (κ3) is 2.84. The maximum Gasteiger partial charge on any atom is 0.311 e. The van der Waals surface area contributed by atoms with Gasteiger partial charge in [0, 0.05) is 19.0 Å². The van der Waals surface area contributed by atoms with Crippen LogP contribution in [0.3, 0.4) is 0 Å². The van der Waals surface area contributed by atoms with Gasteiger partial charge in [-0.2, -0.15) is 0 Å². The summed E-state index contributed by atoms with van der Waals surface area (Å²) in [6, 6.07) is 6.28. The molecular weight excluding hydrogens is 297 g/mol. The lowest BCUT2D eigenvalue weighted by molar-refractivity contribution is -0.149. The second kappa shape index (κ2) is 5.95. The van der Waals surface area contributed by atoms with Crippen molar-refractivity contribution in [1.82, 2.24) is 4.90 Å². The summed E-state index contributed by atoms with van der Waals surface area (Å²) in [5, 5.41) is 9.60. The fourth-order valence-electron chi connectivity index (χ4n) is 4.22. The van der Waals surface area contributed by atoms with Gasteiger partial charge in [0.1, 0.15) is 5.82 Å². The van der Waals surface area contributed by atoms with Crippen LogP contribution in [0.25, 0.3) is 0 Å². The van der Waals surface area contributed by atoms with Crippen LogP contribution < -0.4 is 0 Å². The number of carbonyl (C=O) groups excluding carboxylic acids is 1. The molecule has 1 N–H and O–H groups in total. The van der Waals surface area contributed by atoms with Crippen LogP contribution in [0.4, 0.5) is 4.39 Å². The Balaban J connectivity index is 1.68. The first-order chi connectivity index (χ1) is 10.9. The van der Waals surface area contributed by atoms with Gasteiger partial charge in [0.05, 0.1) is 5.41 Å². The van der Waals surface area contributed by atoms with Crippen molar-refractivity contribution in [2.75, 3.05) is 13.1 Å². The van der Waals surface area contributed by atoms with Gasteiger partial charge in [-0.3, -0.25) is 9.59 Å². The Morgan fingerprint density at radius 2 is 2.26 bits per heavy atom. The SMILES string of the molecule is CC(Cc1cccc(F)c1)C(=O)N1C[C@@H]2CCC[C@@]2(C(=O)O)C1. The zero-order valence-electron chi connectivity index (χ0n) is 13.3. The van der Waals surface area contributed by atoms with E-state index < -0.39 is 11.4 Å². The Morgan fingerprint density at radius 3 is 2.91 bits per heavy atom. The topological polar surface area (TPSA) is 57.6 Å². The zero-order chi connectivity index (χ0) is 16.6. The number of benzene rings is 1. The highest BCUT2D eigenvalue weighted by atomic mass is 19.1. The van der Waals surface area contributed by atoms with Crippen LogP contribution in [0.5, 0.6) is 0 Å². The van der Waals surface area contributed by atoms with Crippen LogP contribution in [0.15, 0.2) is 24.3 Å². The molecule has 1 amide bonds. The minimum absolute atomic E-state index is 0.0238. The first kappa shape index (κ1) is 16.0. The molecule has 1 aromatic rings. The van der Waals surface area contributed by atoms with Gasteiger partial charge in [0.15, 0.2) is 0 Å². The summed E-state index contributed by atoms with van der Waals surface area (Å²) in [6.07, 6.45) is 2.94. The Kier molecular flexibility index (Phi) is 4.13. The Hall–Kier alpha value is -1.91. The molecule has 1 saturated carbocycles. The molecule has 2 aliphatic rings. The molecule has 3 atom stereocenters. The van der Waals surface area contributed by atoms with Gasteiger partial charge in [-0.1, -0.05) is 25.5 Å². The predicted molar refractivity (Wildman–Crippen MR) is 83.3 cm³/mol. The fourth-order valence-corrected chi connectivity index (χ4v) is 4.22. The molecule has 1 saturated heterocycles. The lowest BCUT2D eigenvalue weighted by Crippen LogP contribution is -2.39. The molecule has 5 heteroatoms. The minimum Gasteiger partial charge on any atom is -0.481 e. The van der Waals surface area contributed by atoms with Gasteiger partial charge in [-0.15, -0.1) is 0 Å². The van der Waals surface area contributed by atoms with Crippen LogP contribution in [-0.2, 0) is 16.0 Å². The van der Waals surface area contributed by atoms with E-state index in [4.69, 9.17) is 0 Å². The molecular formula is C18H22FNO3. The third-order valence-electron chi connectivity index (χ3n) is 5.46. The molecule has 1 aromatic carbocycles. The summed E-state index contributed by atoms with van der Waals surface area (Å²) in [4.78, 5) is 26.1. The van der Waals surface area contributed by atoms with Crippen LogP contribution in [0.1, 0.15) is 31.7 Å². The van der Waals surface area contributed by atoms with Crippen molar-refractivity contribution >= 4 is 11.9 Å². The molecule has 4 nitrogen and oxygen atoms in total. The van der Waals surface area contributed by atoms with Gasteiger partial charge < -0.3 is 10.0 Å². The number of amides is 1. The molecule has 0 aromatic heterocycles. The van der Waals surface area contributed by atoms with E-state index in [1.54, 1.807) is 11.0 Å². The van der Waals surface area contributed by atoms with Gasteiger partial charge in [-0.05, 0) is 42.9 Å². The van der Waals surface area contributed by atoms with Crippen molar-refractivity contribution in [2.45, 2.75) is 32.6 Å². The molecule has 1 aliphatic carbocycles. The maximum atomic E-state index is 13.3. The average molecular weight is 319 g/mol. The number of carbonyl (C=O) groups is 2. The molecule has 1 heterocycles. The quantitative estimate of drug-likeness (QED) is 0.928. The highest BCUT2D eigenvalue weighted by molar-refractivity contribution is 5.82. The number of hydrogen-bond donors (Lipinski definition) is 1. The van der Waals surface area contributed by atoms with E-state index in [2.05, 4.69) is 0 Å². The van der Waals surface area contributed by atoms with Crippen molar-refractivity contribution in [2.24, 2.45) is 17.3 Å². The summed E-state index contributed by atoms with van der Waals surface area (Å²) >= 11 is 0. The lowest BCUT2D eigenvalue weighted by atomic mass is 9.81. The van der Waals surface area contributed by atoms with Gasteiger partial charge in [0.25, 0.3) is 0 Å². The van der Waals surface area contributed by atoms with Crippen LogP contribution in [-0.4, -0.2) is 35.0 Å². The molecule has 23 heavy (non-hydrogen) atoms. The minimum atomic E-state index is -0.770. The monoisotopic (exact) mass is 319 g/mol. The largest absolute Gasteiger partial charge is 0.481 e. The van der Waals surface area contributed by atoms with Gasteiger partial charge in [0.2, 0.25) is 5.91 Å². The number of carboxylic acids is 1. The highest BCUT2D eigenvalue weighted by Gasteiger charge is 2.55. The average Bonchev–Trinajstić information content (AvgIpc) is 3.04. The van der Waals surface area contributed by atoms with E-state index in [9.17, 15) is 19.1 Å².